The Bertz CT molecular complexity index is 644. The molecule has 1 heterocycles. The van der Waals surface area contributed by atoms with Crippen molar-refractivity contribution < 1.29 is 9.90 Å². The number of aromatic nitrogens is 2. The minimum atomic E-state index is -0.998. The van der Waals surface area contributed by atoms with Crippen LogP contribution in [-0.4, -0.2) is 21.0 Å². The monoisotopic (exact) mass is 270 g/mol. The fourth-order valence-electron chi connectivity index (χ4n) is 1.97. The quantitative estimate of drug-likeness (QED) is 0.907. The third kappa shape index (κ3) is 2.69. The molecule has 0 radical (unpaired) electrons. The fraction of sp³-hybridized carbons (Fsp3) is 0.312. The average molecular weight is 270 g/mol. The zero-order valence-electron chi connectivity index (χ0n) is 12.1. The SMILES string of the molecule is Cc1nc(C(C)(C)C)nc(-c2ccccc2)c1C(=O)O. The van der Waals surface area contributed by atoms with Gasteiger partial charge < -0.3 is 5.11 Å². The maximum atomic E-state index is 11.5. The first-order chi connectivity index (χ1) is 9.30. The highest BCUT2D eigenvalue weighted by molar-refractivity contribution is 5.95. The van der Waals surface area contributed by atoms with Gasteiger partial charge in [-0.15, -0.1) is 0 Å². The van der Waals surface area contributed by atoms with E-state index in [1.807, 2.05) is 51.1 Å². The first kappa shape index (κ1) is 14.2. The Morgan fingerprint density at radius 1 is 1.10 bits per heavy atom. The smallest absolute Gasteiger partial charge is 0.339 e. The van der Waals surface area contributed by atoms with Crippen LogP contribution >= 0.6 is 0 Å². The number of carboxylic acids is 1. The Kier molecular flexibility index (Phi) is 3.57. The number of aromatic carboxylic acids is 1. The largest absolute Gasteiger partial charge is 0.478 e. The molecule has 1 aromatic heterocycles. The molecule has 0 amide bonds. The van der Waals surface area contributed by atoms with Crippen LogP contribution in [0.2, 0.25) is 0 Å². The number of rotatable bonds is 2. The van der Waals surface area contributed by atoms with E-state index < -0.39 is 5.97 Å². The van der Waals surface area contributed by atoms with E-state index in [2.05, 4.69) is 9.97 Å². The maximum absolute atomic E-state index is 11.5. The van der Waals surface area contributed by atoms with E-state index in [0.717, 1.165) is 5.56 Å². The molecule has 104 valence electrons. The lowest BCUT2D eigenvalue weighted by Crippen LogP contribution is -2.19. The van der Waals surface area contributed by atoms with Crippen LogP contribution in [0.5, 0.6) is 0 Å². The molecule has 0 saturated carbocycles. The minimum Gasteiger partial charge on any atom is -0.478 e. The zero-order valence-corrected chi connectivity index (χ0v) is 12.1. The summed E-state index contributed by atoms with van der Waals surface area (Å²) in [6.07, 6.45) is 0. The Morgan fingerprint density at radius 2 is 1.70 bits per heavy atom. The van der Waals surface area contributed by atoms with Gasteiger partial charge in [0.2, 0.25) is 0 Å². The summed E-state index contributed by atoms with van der Waals surface area (Å²) in [5.74, 6) is -0.347. The van der Waals surface area contributed by atoms with Gasteiger partial charge in [-0.2, -0.15) is 0 Å². The third-order valence-corrected chi connectivity index (χ3v) is 3.02. The van der Waals surface area contributed by atoms with Gasteiger partial charge >= 0.3 is 5.97 Å². The van der Waals surface area contributed by atoms with Crippen molar-refractivity contribution in [2.24, 2.45) is 0 Å². The van der Waals surface area contributed by atoms with Crippen LogP contribution in [0.25, 0.3) is 11.3 Å². The molecule has 0 atom stereocenters. The number of aryl methyl sites for hydroxylation is 1. The number of hydrogen-bond acceptors (Lipinski definition) is 3. The van der Waals surface area contributed by atoms with Gasteiger partial charge in [-0.3, -0.25) is 0 Å². The second-order valence-electron chi connectivity index (χ2n) is 5.78. The second-order valence-corrected chi connectivity index (χ2v) is 5.78. The van der Waals surface area contributed by atoms with Crippen molar-refractivity contribution in [3.8, 4) is 11.3 Å². The fourth-order valence-corrected chi connectivity index (χ4v) is 1.97. The number of carbonyl (C=O) groups is 1. The molecule has 1 aromatic carbocycles. The van der Waals surface area contributed by atoms with Crippen molar-refractivity contribution in [3.05, 3.63) is 47.4 Å². The van der Waals surface area contributed by atoms with Gasteiger partial charge in [0.25, 0.3) is 0 Å². The molecule has 0 aliphatic carbocycles. The van der Waals surface area contributed by atoms with E-state index in [4.69, 9.17) is 0 Å². The normalized spacial score (nSPS) is 11.4. The van der Waals surface area contributed by atoms with Crippen LogP contribution < -0.4 is 0 Å². The van der Waals surface area contributed by atoms with Crippen molar-refractivity contribution in [1.29, 1.82) is 0 Å². The summed E-state index contributed by atoms with van der Waals surface area (Å²) < 4.78 is 0. The first-order valence-electron chi connectivity index (χ1n) is 6.48. The highest BCUT2D eigenvalue weighted by Crippen LogP contribution is 2.27. The van der Waals surface area contributed by atoms with Gasteiger partial charge in [-0.25, -0.2) is 14.8 Å². The van der Waals surface area contributed by atoms with Gasteiger partial charge in [0, 0.05) is 11.0 Å². The molecule has 20 heavy (non-hydrogen) atoms. The van der Waals surface area contributed by atoms with Gasteiger partial charge in [-0.05, 0) is 6.92 Å². The number of nitrogens with zero attached hydrogens (tertiary/aromatic N) is 2. The molecule has 0 bridgehead atoms. The molecular formula is C16H18N2O2. The summed E-state index contributed by atoms with van der Waals surface area (Å²) in [4.78, 5) is 20.4. The number of benzene rings is 1. The molecular weight excluding hydrogens is 252 g/mol. The lowest BCUT2D eigenvalue weighted by atomic mass is 9.94. The highest BCUT2D eigenvalue weighted by Gasteiger charge is 2.24. The molecule has 1 N–H and O–H groups in total. The van der Waals surface area contributed by atoms with E-state index in [9.17, 15) is 9.90 Å². The topological polar surface area (TPSA) is 63.1 Å². The van der Waals surface area contributed by atoms with Gasteiger partial charge in [-0.1, -0.05) is 51.1 Å². The molecule has 0 fully saturated rings. The van der Waals surface area contributed by atoms with Crippen molar-refractivity contribution in [2.75, 3.05) is 0 Å². The summed E-state index contributed by atoms with van der Waals surface area (Å²) in [6.45, 7) is 7.75. The number of hydrogen-bond donors (Lipinski definition) is 1. The van der Waals surface area contributed by atoms with E-state index in [1.54, 1.807) is 6.92 Å². The van der Waals surface area contributed by atoms with Crippen molar-refractivity contribution in [2.45, 2.75) is 33.1 Å². The second kappa shape index (κ2) is 5.04. The molecule has 2 rings (SSSR count). The van der Waals surface area contributed by atoms with Crippen molar-refractivity contribution in [1.82, 2.24) is 9.97 Å². The molecule has 4 heteroatoms. The Balaban J connectivity index is 2.75. The van der Waals surface area contributed by atoms with Crippen LogP contribution in [0.3, 0.4) is 0 Å². The van der Waals surface area contributed by atoms with Crippen molar-refractivity contribution >= 4 is 5.97 Å². The lowest BCUT2D eigenvalue weighted by molar-refractivity contribution is 0.0696. The van der Waals surface area contributed by atoms with Crippen LogP contribution in [0.4, 0.5) is 0 Å². The molecule has 0 spiro atoms. The van der Waals surface area contributed by atoms with Gasteiger partial charge in [0.15, 0.2) is 0 Å². The summed E-state index contributed by atoms with van der Waals surface area (Å²) in [7, 11) is 0. The maximum Gasteiger partial charge on any atom is 0.339 e. The molecule has 0 unspecified atom stereocenters. The van der Waals surface area contributed by atoms with E-state index in [0.29, 0.717) is 17.2 Å². The highest BCUT2D eigenvalue weighted by atomic mass is 16.4. The van der Waals surface area contributed by atoms with Crippen LogP contribution in [0.1, 0.15) is 42.6 Å². The van der Waals surface area contributed by atoms with Crippen LogP contribution in [-0.2, 0) is 5.41 Å². The van der Waals surface area contributed by atoms with Crippen molar-refractivity contribution in [3.63, 3.8) is 0 Å². The standard InChI is InChI=1S/C16H18N2O2/c1-10-12(14(19)20)13(11-8-6-5-7-9-11)18-15(17-10)16(2,3)4/h5-9H,1-4H3,(H,19,20). The van der Waals surface area contributed by atoms with E-state index >= 15 is 0 Å². The van der Waals surface area contributed by atoms with Crippen LogP contribution in [0, 0.1) is 6.92 Å². The summed E-state index contributed by atoms with van der Waals surface area (Å²) >= 11 is 0. The number of carboxylic acid groups (broad SMARTS) is 1. The molecule has 0 aliphatic rings. The van der Waals surface area contributed by atoms with Gasteiger partial charge in [0.05, 0.1) is 11.4 Å². The molecule has 0 aliphatic heterocycles. The molecule has 0 saturated heterocycles. The Hall–Kier alpha value is -2.23. The van der Waals surface area contributed by atoms with E-state index in [1.165, 1.54) is 0 Å². The van der Waals surface area contributed by atoms with Crippen LogP contribution in [0.15, 0.2) is 30.3 Å². The predicted octanol–water partition coefficient (Wildman–Crippen LogP) is 3.45. The Labute approximate surface area is 118 Å². The summed E-state index contributed by atoms with van der Waals surface area (Å²) in [6, 6.07) is 9.36. The average Bonchev–Trinajstić information content (AvgIpc) is 2.37. The molecule has 4 nitrogen and oxygen atoms in total. The molecule has 2 aromatic rings. The summed E-state index contributed by atoms with van der Waals surface area (Å²) in [5, 5.41) is 9.42. The van der Waals surface area contributed by atoms with E-state index in [-0.39, 0.29) is 11.0 Å². The third-order valence-electron chi connectivity index (χ3n) is 3.02. The first-order valence-corrected chi connectivity index (χ1v) is 6.48. The minimum absolute atomic E-state index is 0.171. The predicted molar refractivity (Wildman–Crippen MR) is 77.9 cm³/mol. The summed E-state index contributed by atoms with van der Waals surface area (Å²) in [5.41, 5.74) is 1.71. The van der Waals surface area contributed by atoms with Gasteiger partial charge in [0.1, 0.15) is 11.4 Å². The Morgan fingerprint density at radius 3 is 2.20 bits per heavy atom. The zero-order chi connectivity index (χ0) is 14.9. The lowest BCUT2D eigenvalue weighted by Gasteiger charge is -2.19.